The number of pyridine rings is 1. The number of aliphatic hydroxyl groups excluding tert-OH is 1. The SMILES string of the molecule is CCOC(=O)C1(c2ccc(-c3ccc(-c4ncc5ccccc5c4CCCC(O)c4ccccc4)cc3)cc2)CC1. The van der Waals surface area contributed by atoms with Crippen LogP contribution >= 0.6 is 0 Å². The topological polar surface area (TPSA) is 59.4 Å². The van der Waals surface area contributed by atoms with Crippen molar-refractivity contribution in [2.24, 2.45) is 0 Å². The van der Waals surface area contributed by atoms with Crippen LogP contribution in [0.15, 0.2) is 109 Å². The van der Waals surface area contributed by atoms with Gasteiger partial charge in [0.05, 0.1) is 23.8 Å². The number of aliphatic hydroxyl groups is 1. The summed E-state index contributed by atoms with van der Waals surface area (Å²) < 4.78 is 5.33. The van der Waals surface area contributed by atoms with Gasteiger partial charge in [-0.3, -0.25) is 9.78 Å². The Morgan fingerprint density at radius 1 is 0.854 bits per heavy atom. The van der Waals surface area contributed by atoms with Gasteiger partial charge in [0.15, 0.2) is 0 Å². The number of fused-ring (bicyclic) bond motifs is 1. The van der Waals surface area contributed by atoms with E-state index >= 15 is 0 Å². The Labute approximate surface area is 241 Å². The molecule has 1 unspecified atom stereocenters. The van der Waals surface area contributed by atoms with E-state index in [1.807, 2.05) is 49.5 Å². The number of benzene rings is 4. The minimum Gasteiger partial charge on any atom is -0.465 e. The number of hydrogen-bond donors (Lipinski definition) is 1. The van der Waals surface area contributed by atoms with Crippen LogP contribution in [0.5, 0.6) is 0 Å². The highest BCUT2D eigenvalue weighted by atomic mass is 16.5. The first-order valence-electron chi connectivity index (χ1n) is 14.6. The summed E-state index contributed by atoms with van der Waals surface area (Å²) in [5.74, 6) is -0.106. The lowest BCUT2D eigenvalue weighted by Gasteiger charge is -2.16. The first kappa shape index (κ1) is 26.9. The normalized spacial score (nSPS) is 14.5. The van der Waals surface area contributed by atoms with Gasteiger partial charge < -0.3 is 9.84 Å². The molecule has 1 atom stereocenters. The van der Waals surface area contributed by atoms with Crippen molar-refractivity contribution in [3.05, 3.63) is 126 Å². The molecule has 1 aliphatic rings. The fraction of sp³-hybridized carbons (Fsp3) is 0.243. The molecular weight excluding hydrogens is 506 g/mol. The third-order valence-electron chi connectivity index (χ3n) is 8.34. The van der Waals surface area contributed by atoms with E-state index in [0.29, 0.717) is 13.0 Å². The van der Waals surface area contributed by atoms with Crippen LogP contribution in [0.2, 0.25) is 0 Å². The zero-order valence-corrected chi connectivity index (χ0v) is 23.4. The lowest BCUT2D eigenvalue weighted by atomic mass is 9.92. The fourth-order valence-corrected chi connectivity index (χ4v) is 5.85. The second kappa shape index (κ2) is 11.7. The Kier molecular flexibility index (Phi) is 7.67. The molecule has 206 valence electrons. The molecular formula is C37H35NO3. The van der Waals surface area contributed by atoms with Crippen molar-refractivity contribution >= 4 is 16.7 Å². The number of hydrogen-bond acceptors (Lipinski definition) is 4. The van der Waals surface area contributed by atoms with Crippen LogP contribution < -0.4 is 0 Å². The van der Waals surface area contributed by atoms with E-state index in [1.165, 1.54) is 10.9 Å². The lowest BCUT2D eigenvalue weighted by molar-refractivity contribution is -0.146. The van der Waals surface area contributed by atoms with Crippen molar-refractivity contribution in [3.8, 4) is 22.4 Å². The molecule has 1 aromatic heterocycles. The molecule has 0 bridgehead atoms. The number of esters is 1. The molecule has 1 heterocycles. The quantitative estimate of drug-likeness (QED) is 0.181. The average molecular weight is 542 g/mol. The maximum Gasteiger partial charge on any atom is 0.316 e. The van der Waals surface area contributed by atoms with Gasteiger partial charge in [-0.1, -0.05) is 103 Å². The number of carbonyl (C=O) groups excluding carboxylic acids is 1. The van der Waals surface area contributed by atoms with E-state index in [9.17, 15) is 9.90 Å². The number of nitrogens with zero attached hydrogens (tertiary/aromatic N) is 1. The van der Waals surface area contributed by atoms with Crippen LogP contribution in [0.1, 0.15) is 55.4 Å². The van der Waals surface area contributed by atoms with E-state index in [1.54, 1.807) is 0 Å². The molecule has 5 aromatic rings. The van der Waals surface area contributed by atoms with Crippen LogP contribution in [0.4, 0.5) is 0 Å². The average Bonchev–Trinajstić information content (AvgIpc) is 3.84. The summed E-state index contributed by atoms with van der Waals surface area (Å²) in [5, 5.41) is 13.1. The van der Waals surface area contributed by atoms with Crippen molar-refractivity contribution in [2.45, 2.75) is 50.5 Å². The van der Waals surface area contributed by atoms with Gasteiger partial charge in [-0.2, -0.15) is 0 Å². The molecule has 0 radical (unpaired) electrons. The fourth-order valence-electron chi connectivity index (χ4n) is 5.85. The Morgan fingerprint density at radius 3 is 2.17 bits per heavy atom. The highest BCUT2D eigenvalue weighted by Gasteiger charge is 2.52. The first-order valence-corrected chi connectivity index (χ1v) is 14.6. The summed E-state index contributed by atoms with van der Waals surface area (Å²) >= 11 is 0. The van der Waals surface area contributed by atoms with Crippen molar-refractivity contribution in [3.63, 3.8) is 0 Å². The van der Waals surface area contributed by atoms with Gasteiger partial charge in [-0.15, -0.1) is 0 Å². The second-order valence-electron chi connectivity index (χ2n) is 10.9. The summed E-state index contributed by atoms with van der Waals surface area (Å²) in [4.78, 5) is 17.4. The predicted octanol–water partition coefficient (Wildman–Crippen LogP) is 8.22. The standard InChI is InChI=1S/C37H35NO3/c1-2-41-36(40)37(23-24-37)31-21-19-27(20-22-31)26-15-17-29(18-16-26)35-33(32-12-7-6-11-30(32)25-38-35)13-8-14-34(39)28-9-4-3-5-10-28/h3-7,9-12,15-22,25,34,39H,2,8,13-14,23-24H2,1H3. The molecule has 1 N–H and O–H groups in total. The van der Waals surface area contributed by atoms with Gasteiger partial charge >= 0.3 is 5.97 Å². The van der Waals surface area contributed by atoms with Crippen LogP contribution in [0.25, 0.3) is 33.2 Å². The molecule has 0 spiro atoms. The molecule has 6 rings (SSSR count). The molecule has 0 amide bonds. The Bertz CT molecular complexity index is 1640. The number of aromatic nitrogens is 1. The maximum absolute atomic E-state index is 12.5. The van der Waals surface area contributed by atoms with Crippen molar-refractivity contribution in [1.29, 1.82) is 0 Å². The lowest BCUT2D eigenvalue weighted by Crippen LogP contribution is -2.23. The molecule has 4 aromatic carbocycles. The van der Waals surface area contributed by atoms with Crippen LogP contribution in [-0.2, 0) is 21.4 Å². The van der Waals surface area contributed by atoms with Crippen LogP contribution in [0.3, 0.4) is 0 Å². The van der Waals surface area contributed by atoms with Gasteiger partial charge in [0, 0.05) is 17.1 Å². The van der Waals surface area contributed by atoms with Gasteiger partial charge in [0.1, 0.15) is 0 Å². The van der Waals surface area contributed by atoms with Crippen molar-refractivity contribution < 1.29 is 14.6 Å². The molecule has 1 fully saturated rings. The third-order valence-corrected chi connectivity index (χ3v) is 8.34. The molecule has 4 heteroatoms. The smallest absolute Gasteiger partial charge is 0.316 e. The van der Waals surface area contributed by atoms with Crippen molar-refractivity contribution in [2.75, 3.05) is 6.61 Å². The number of rotatable bonds is 10. The zero-order chi connectivity index (χ0) is 28.2. The first-order chi connectivity index (χ1) is 20.1. The Balaban J connectivity index is 1.23. The van der Waals surface area contributed by atoms with Gasteiger partial charge in [-0.25, -0.2) is 0 Å². The monoisotopic (exact) mass is 541 g/mol. The summed E-state index contributed by atoms with van der Waals surface area (Å²) in [7, 11) is 0. The van der Waals surface area contributed by atoms with Gasteiger partial charge in [0.2, 0.25) is 0 Å². The second-order valence-corrected chi connectivity index (χ2v) is 10.9. The van der Waals surface area contributed by atoms with E-state index < -0.39 is 11.5 Å². The number of aryl methyl sites for hydroxylation is 1. The molecule has 0 aliphatic heterocycles. The summed E-state index contributed by atoms with van der Waals surface area (Å²) in [6.07, 6.45) is 5.57. The molecule has 1 saturated carbocycles. The summed E-state index contributed by atoms with van der Waals surface area (Å²) in [5.41, 5.74) is 7.07. The molecule has 1 aliphatic carbocycles. The van der Waals surface area contributed by atoms with E-state index in [-0.39, 0.29) is 5.97 Å². The van der Waals surface area contributed by atoms with Gasteiger partial charge in [-0.05, 0) is 72.2 Å². The Morgan fingerprint density at radius 2 is 1.49 bits per heavy atom. The minimum absolute atomic E-state index is 0.106. The highest BCUT2D eigenvalue weighted by Crippen LogP contribution is 2.49. The van der Waals surface area contributed by atoms with E-state index in [0.717, 1.165) is 64.6 Å². The Hall–Kier alpha value is -4.28. The molecule has 4 nitrogen and oxygen atoms in total. The maximum atomic E-state index is 12.5. The van der Waals surface area contributed by atoms with E-state index in [2.05, 4.69) is 66.7 Å². The van der Waals surface area contributed by atoms with Crippen LogP contribution in [-0.4, -0.2) is 22.7 Å². The molecule has 41 heavy (non-hydrogen) atoms. The highest BCUT2D eigenvalue weighted by molar-refractivity contribution is 5.90. The number of carbonyl (C=O) groups is 1. The third kappa shape index (κ3) is 5.53. The van der Waals surface area contributed by atoms with Gasteiger partial charge in [0.25, 0.3) is 0 Å². The van der Waals surface area contributed by atoms with E-state index in [4.69, 9.17) is 9.72 Å². The minimum atomic E-state index is -0.472. The summed E-state index contributed by atoms with van der Waals surface area (Å²) in [6, 6.07) is 35.2. The largest absolute Gasteiger partial charge is 0.465 e. The van der Waals surface area contributed by atoms with Crippen LogP contribution in [0, 0.1) is 0 Å². The number of ether oxygens (including phenoxy) is 1. The molecule has 0 saturated heterocycles. The summed E-state index contributed by atoms with van der Waals surface area (Å²) in [6.45, 7) is 2.27. The van der Waals surface area contributed by atoms with Crippen molar-refractivity contribution in [1.82, 2.24) is 4.98 Å². The zero-order valence-electron chi connectivity index (χ0n) is 23.4. The predicted molar refractivity (Wildman–Crippen MR) is 164 cm³/mol.